The highest BCUT2D eigenvalue weighted by Crippen LogP contribution is 2.27. The van der Waals surface area contributed by atoms with E-state index in [1.165, 1.54) is 0 Å². The molecule has 0 fully saturated rings. The number of nitrogens with zero attached hydrogens (tertiary/aromatic N) is 3. The summed E-state index contributed by atoms with van der Waals surface area (Å²) in [5.74, 6) is 1.25. The maximum Gasteiger partial charge on any atom is 0.129 e. The van der Waals surface area contributed by atoms with E-state index in [0.717, 1.165) is 18.8 Å². The second-order valence-electron chi connectivity index (χ2n) is 4.70. The molecular formula is C18H17N3O. The van der Waals surface area contributed by atoms with Crippen molar-refractivity contribution in [2.24, 2.45) is 0 Å². The molecule has 4 heteroatoms. The van der Waals surface area contributed by atoms with Gasteiger partial charge in [-0.1, -0.05) is 6.07 Å². The van der Waals surface area contributed by atoms with E-state index < -0.39 is 0 Å². The van der Waals surface area contributed by atoms with Gasteiger partial charge in [0.2, 0.25) is 0 Å². The van der Waals surface area contributed by atoms with Gasteiger partial charge in [-0.25, -0.2) is 0 Å². The van der Waals surface area contributed by atoms with Crippen LogP contribution in [0.2, 0.25) is 0 Å². The van der Waals surface area contributed by atoms with Crippen LogP contribution in [0.4, 0.5) is 5.69 Å². The molecule has 110 valence electrons. The van der Waals surface area contributed by atoms with Crippen LogP contribution in [0.1, 0.15) is 25.0 Å². The molecule has 0 heterocycles. The smallest absolute Gasteiger partial charge is 0.129 e. The third-order valence-corrected chi connectivity index (χ3v) is 3.41. The molecule has 0 atom stereocenters. The Morgan fingerprint density at radius 3 is 2.23 bits per heavy atom. The van der Waals surface area contributed by atoms with Crippen LogP contribution in [0, 0.1) is 22.7 Å². The minimum atomic E-state index is 0.319. The van der Waals surface area contributed by atoms with Crippen LogP contribution in [-0.2, 0) is 0 Å². The molecule has 4 nitrogen and oxygen atoms in total. The number of ether oxygens (including phenoxy) is 1. The van der Waals surface area contributed by atoms with Gasteiger partial charge < -0.3 is 9.64 Å². The fraction of sp³-hybridized carbons (Fsp3) is 0.222. The van der Waals surface area contributed by atoms with E-state index in [1.54, 1.807) is 18.2 Å². The Morgan fingerprint density at radius 1 is 0.909 bits per heavy atom. The third kappa shape index (κ3) is 3.37. The average Bonchev–Trinajstić information content (AvgIpc) is 2.56. The van der Waals surface area contributed by atoms with Crippen molar-refractivity contribution in [2.45, 2.75) is 13.8 Å². The molecule has 22 heavy (non-hydrogen) atoms. The van der Waals surface area contributed by atoms with Crippen LogP contribution in [0.25, 0.3) is 0 Å². The summed E-state index contributed by atoms with van der Waals surface area (Å²) >= 11 is 0. The molecule has 0 spiro atoms. The number of hydrogen-bond acceptors (Lipinski definition) is 4. The lowest BCUT2D eigenvalue weighted by molar-refractivity contribution is 0.482. The minimum Gasteiger partial charge on any atom is -0.457 e. The normalized spacial score (nSPS) is 9.64. The van der Waals surface area contributed by atoms with E-state index >= 15 is 0 Å². The van der Waals surface area contributed by atoms with Crippen molar-refractivity contribution in [3.05, 3.63) is 53.6 Å². The Bertz CT molecular complexity index is 737. The van der Waals surface area contributed by atoms with Gasteiger partial charge in [-0.05, 0) is 44.2 Å². The Kier molecular flexibility index (Phi) is 5.01. The van der Waals surface area contributed by atoms with Gasteiger partial charge in [-0.15, -0.1) is 0 Å². The maximum absolute atomic E-state index is 9.06. The third-order valence-electron chi connectivity index (χ3n) is 3.41. The van der Waals surface area contributed by atoms with E-state index in [-0.39, 0.29) is 0 Å². The summed E-state index contributed by atoms with van der Waals surface area (Å²) < 4.78 is 5.81. The Morgan fingerprint density at radius 2 is 1.59 bits per heavy atom. The lowest BCUT2D eigenvalue weighted by Gasteiger charge is -2.21. The molecule has 2 rings (SSSR count). The second kappa shape index (κ2) is 7.15. The Hall–Kier alpha value is -2.98. The largest absolute Gasteiger partial charge is 0.457 e. The highest BCUT2D eigenvalue weighted by Gasteiger charge is 2.07. The van der Waals surface area contributed by atoms with Gasteiger partial charge in [0.15, 0.2) is 0 Å². The summed E-state index contributed by atoms with van der Waals surface area (Å²) in [5.41, 5.74) is 1.77. The molecule has 0 amide bonds. The molecule has 2 aromatic rings. The highest BCUT2D eigenvalue weighted by molar-refractivity contribution is 5.53. The summed E-state index contributed by atoms with van der Waals surface area (Å²) in [6.07, 6.45) is 0. The monoisotopic (exact) mass is 291 g/mol. The standard InChI is InChI=1S/C18H17N3O/c1-3-21(4-2)16-6-5-7-17(11-16)22-18-9-8-14(12-19)15(10-18)13-20/h5-11H,3-4H2,1-2H3. The van der Waals surface area contributed by atoms with E-state index in [4.69, 9.17) is 15.3 Å². The van der Waals surface area contributed by atoms with Gasteiger partial charge in [0.1, 0.15) is 23.6 Å². The second-order valence-corrected chi connectivity index (χ2v) is 4.70. The predicted molar refractivity (Wildman–Crippen MR) is 85.9 cm³/mol. The van der Waals surface area contributed by atoms with E-state index in [1.807, 2.05) is 36.4 Å². The van der Waals surface area contributed by atoms with Crippen molar-refractivity contribution in [3.8, 4) is 23.6 Å². The summed E-state index contributed by atoms with van der Waals surface area (Å²) in [6.45, 7) is 6.07. The molecule has 2 aromatic carbocycles. The molecule has 0 aromatic heterocycles. The van der Waals surface area contributed by atoms with Crippen LogP contribution < -0.4 is 9.64 Å². The van der Waals surface area contributed by atoms with Crippen LogP contribution in [0.3, 0.4) is 0 Å². The van der Waals surface area contributed by atoms with Gasteiger partial charge in [-0.2, -0.15) is 10.5 Å². The van der Waals surface area contributed by atoms with Crippen LogP contribution in [0.15, 0.2) is 42.5 Å². The van der Waals surface area contributed by atoms with E-state index in [9.17, 15) is 0 Å². The summed E-state index contributed by atoms with van der Waals surface area (Å²) in [5, 5.41) is 18.0. The quantitative estimate of drug-likeness (QED) is 0.833. The molecule has 0 unspecified atom stereocenters. The highest BCUT2D eigenvalue weighted by atomic mass is 16.5. The fourth-order valence-electron chi connectivity index (χ4n) is 2.25. The molecule has 0 bridgehead atoms. The number of hydrogen-bond donors (Lipinski definition) is 0. The summed E-state index contributed by atoms with van der Waals surface area (Å²) in [7, 11) is 0. The average molecular weight is 291 g/mol. The molecule has 0 radical (unpaired) electrons. The minimum absolute atomic E-state index is 0.319. The first-order chi connectivity index (χ1) is 10.7. The van der Waals surface area contributed by atoms with E-state index in [2.05, 4.69) is 18.7 Å². The molecule has 0 aliphatic rings. The first-order valence-corrected chi connectivity index (χ1v) is 7.19. The lowest BCUT2D eigenvalue weighted by atomic mass is 10.1. The molecule has 0 aliphatic heterocycles. The molecule has 0 saturated heterocycles. The predicted octanol–water partition coefficient (Wildman–Crippen LogP) is 4.07. The maximum atomic E-state index is 9.06. The van der Waals surface area contributed by atoms with Crippen molar-refractivity contribution in [2.75, 3.05) is 18.0 Å². The van der Waals surface area contributed by atoms with Gasteiger partial charge >= 0.3 is 0 Å². The Labute approximate surface area is 130 Å². The van der Waals surface area contributed by atoms with Crippen molar-refractivity contribution in [1.29, 1.82) is 10.5 Å². The lowest BCUT2D eigenvalue weighted by Crippen LogP contribution is -2.21. The summed E-state index contributed by atoms with van der Waals surface area (Å²) in [6, 6.07) is 16.7. The SMILES string of the molecule is CCN(CC)c1cccc(Oc2ccc(C#N)c(C#N)c2)c1. The molecule has 0 saturated carbocycles. The van der Waals surface area contributed by atoms with Crippen molar-refractivity contribution in [1.82, 2.24) is 0 Å². The first kappa shape index (κ1) is 15.4. The summed E-state index contributed by atoms with van der Waals surface area (Å²) in [4.78, 5) is 2.23. The van der Waals surface area contributed by atoms with Gasteiger partial charge in [0.05, 0.1) is 11.1 Å². The van der Waals surface area contributed by atoms with Gasteiger partial charge in [-0.3, -0.25) is 0 Å². The molecular weight excluding hydrogens is 274 g/mol. The van der Waals surface area contributed by atoms with Crippen LogP contribution >= 0.6 is 0 Å². The number of rotatable bonds is 5. The fourth-order valence-corrected chi connectivity index (χ4v) is 2.25. The number of benzene rings is 2. The van der Waals surface area contributed by atoms with Crippen LogP contribution in [-0.4, -0.2) is 13.1 Å². The van der Waals surface area contributed by atoms with E-state index in [0.29, 0.717) is 22.6 Å². The molecule has 0 aliphatic carbocycles. The van der Waals surface area contributed by atoms with Gasteiger partial charge in [0, 0.05) is 24.8 Å². The van der Waals surface area contributed by atoms with Gasteiger partial charge in [0.25, 0.3) is 0 Å². The zero-order valence-corrected chi connectivity index (χ0v) is 12.7. The zero-order valence-electron chi connectivity index (χ0n) is 12.7. The van der Waals surface area contributed by atoms with Crippen molar-refractivity contribution in [3.63, 3.8) is 0 Å². The topological polar surface area (TPSA) is 60.0 Å². The number of anilines is 1. The Balaban J connectivity index is 2.27. The zero-order chi connectivity index (χ0) is 15.9. The molecule has 0 N–H and O–H groups in total. The first-order valence-electron chi connectivity index (χ1n) is 7.19. The van der Waals surface area contributed by atoms with Crippen LogP contribution in [0.5, 0.6) is 11.5 Å². The van der Waals surface area contributed by atoms with Crippen molar-refractivity contribution < 1.29 is 4.74 Å². The van der Waals surface area contributed by atoms with Crippen molar-refractivity contribution >= 4 is 5.69 Å². The number of nitriles is 2.